The van der Waals surface area contributed by atoms with Crippen molar-refractivity contribution >= 4 is 28.1 Å². The summed E-state index contributed by atoms with van der Waals surface area (Å²) in [6.45, 7) is 0. The highest BCUT2D eigenvalue weighted by atomic mass is 32.1. The minimum Gasteiger partial charge on any atom is -0.398 e. The Morgan fingerprint density at radius 3 is 2.93 bits per heavy atom. The minimum absolute atomic E-state index is 0.114. The zero-order chi connectivity index (χ0) is 10.6. The summed E-state index contributed by atoms with van der Waals surface area (Å²) in [5, 5.41) is 8.03. The first-order valence-electron chi connectivity index (χ1n) is 3.73. The quantitative estimate of drug-likeness (QED) is 0.539. The Labute approximate surface area is 84.8 Å². The monoisotopic (exact) mass is 214 g/mol. The maximum Gasteiger partial charge on any atom is 0.275 e. The van der Waals surface area contributed by atoms with Crippen molar-refractivity contribution in [3.05, 3.63) is 11.1 Å². The van der Waals surface area contributed by atoms with Gasteiger partial charge in [0.2, 0.25) is 0 Å². The van der Waals surface area contributed by atoms with E-state index in [1.165, 1.54) is 25.5 Å². The summed E-state index contributed by atoms with van der Waals surface area (Å²) in [4.78, 5) is 19.8. The summed E-state index contributed by atoms with van der Waals surface area (Å²) in [5.41, 5.74) is 5.96. The SMILES string of the molecule is CNC(=O)C(=NOC)c1csc(N)n1. The minimum atomic E-state index is -0.364. The molecule has 0 aromatic carbocycles. The molecule has 0 saturated heterocycles. The number of nitrogens with zero attached hydrogens (tertiary/aromatic N) is 2. The highest BCUT2D eigenvalue weighted by Crippen LogP contribution is 2.12. The molecule has 1 aromatic heterocycles. The molecule has 7 heteroatoms. The standard InChI is InChI=1S/C7H10N4O2S/c1-9-6(12)5(11-13-2)4-3-14-7(8)10-4/h3H,1-2H3,(H2,8,10)(H,9,12). The van der Waals surface area contributed by atoms with Gasteiger partial charge in [-0.2, -0.15) is 0 Å². The van der Waals surface area contributed by atoms with Crippen molar-refractivity contribution in [2.45, 2.75) is 0 Å². The second kappa shape index (κ2) is 4.56. The van der Waals surface area contributed by atoms with Gasteiger partial charge < -0.3 is 15.9 Å². The number of carbonyl (C=O) groups excluding carboxylic acids is 1. The molecule has 14 heavy (non-hydrogen) atoms. The van der Waals surface area contributed by atoms with Crippen molar-refractivity contribution in [2.24, 2.45) is 5.16 Å². The number of oxime groups is 1. The van der Waals surface area contributed by atoms with Gasteiger partial charge in [-0.05, 0) is 0 Å². The van der Waals surface area contributed by atoms with Gasteiger partial charge in [-0.3, -0.25) is 4.79 Å². The molecule has 0 saturated carbocycles. The zero-order valence-corrected chi connectivity index (χ0v) is 8.59. The molecular weight excluding hydrogens is 204 g/mol. The van der Waals surface area contributed by atoms with E-state index in [9.17, 15) is 4.79 Å². The number of nitrogen functional groups attached to an aromatic ring is 1. The van der Waals surface area contributed by atoms with E-state index < -0.39 is 0 Å². The van der Waals surface area contributed by atoms with Crippen molar-refractivity contribution in [2.75, 3.05) is 19.9 Å². The van der Waals surface area contributed by atoms with Gasteiger partial charge in [0, 0.05) is 12.4 Å². The van der Waals surface area contributed by atoms with Crippen LogP contribution in [0.1, 0.15) is 5.69 Å². The third-order valence-electron chi connectivity index (χ3n) is 1.39. The first-order chi connectivity index (χ1) is 6.69. The fraction of sp³-hybridized carbons (Fsp3) is 0.286. The molecular formula is C7H10N4O2S. The topological polar surface area (TPSA) is 89.6 Å². The first-order valence-corrected chi connectivity index (χ1v) is 4.61. The van der Waals surface area contributed by atoms with Gasteiger partial charge in [0.1, 0.15) is 12.8 Å². The third-order valence-corrected chi connectivity index (χ3v) is 2.06. The largest absolute Gasteiger partial charge is 0.398 e. The molecule has 1 heterocycles. The summed E-state index contributed by atoms with van der Waals surface area (Å²) in [5.74, 6) is -0.364. The first kappa shape index (κ1) is 10.5. The van der Waals surface area contributed by atoms with Gasteiger partial charge in [-0.15, -0.1) is 11.3 Å². The summed E-state index contributed by atoms with van der Waals surface area (Å²) < 4.78 is 0. The van der Waals surface area contributed by atoms with Crippen LogP contribution in [0.5, 0.6) is 0 Å². The average molecular weight is 214 g/mol. The lowest BCUT2D eigenvalue weighted by Crippen LogP contribution is -2.28. The Morgan fingerprint density at radius 2 is 2.50 bits per heavy atom. The normalized spacial score (nSPS) is 11.1. The van der Waals surface area contributed by atoms with Gasteiger partial charge in [-0.25, -0.2) is 4.98 Å². The number of rotatable bonds is 3. The van der Waals surface area contributed by atoms with Crippen LogP contribution in [0.25, 0.3) is 0 Å². The van der Waals surface area contributed by atoms with E-state index in [1.54, 1.807) is 5.38 Å². The lowest BCUT2D eigenvalue weighted by Gasteiger charge is -1.99. The molecule has 0 bridgehead atoms. The van der Waals surface area contributed by atoms with Crippen LogP contribution in [0.15, 0.2) is 10.5 Å². The van der Waals surface area contributed by atoms with E-state index in [1.807, 2.05) is 0 Å². The van der Waals surface area contributed by atoms with Crippen molar-refractivity contribution < 1.29 is 9.63 Å². The van der Waals surface area contributed by atoms with E-state index in [0.717, 1.165) is 0 Å². The predicted octanol–water partition coefficient (Wildman–Crippen LogP) is -0.178. The summed E-state index contributed by atoms with van der Waals surface area (Å²) in [6.07, 6.45) is 0. The molecule has 0 aliphatic carbocycles. The predicted molar refractivity (Wildman–Crippen MR) is 54.1 cm³/mol. The summed E-state index contributed by atoms with van der Waals surface area (Å²) in [7, 11) is 2.86. The Bertz CT molecular complexity index is 360. The average Bonchev–Trinajstić information content (AvgIpc) is 2.60. The van der Waals surface area contributed by atoms with Crippen molar-refractivity contribution in [1.82, 2.24) is 10.3 Å². The Hall–Kier alpha value is -1.63. The number of anilines is 1. The number of likely N-dealkylation sites (N-methyl/N-ethyl adjacent to an activating group) is 1. The van der Waals surface area contributed by atoms with Crippen molar-refractivity contribution in [3.8, 4) is 0 Å². The molecule has 0 fully saturated rings. The maximum absolute atomic E-state index is 11.3. The van der Waals surface area contributed by atoms with E-state index in [2.05, 4.69) is 20.3 Å². The van der Waals surface area contributed by atoms with Crippen LogP contribution < -0.4 is 11.1 Å². The van der Waals surface area contributed by atoms with Crippen molar-refractivity contribution in [3.63, 3.8) is 0 Å². The second-order valence-corrected chi connectivity index (χ2v) is 3.16. The molecule has 0 radical (unpaired) electrons. The smallest absolute Gasteiger partial charge is 0.275 e. The van der Waals surface area contributed by atoms with Crippen LogP contribution in [0.3, 0.4) is 0 Å². The number of nitrogens with two attached hydrogens (primary N) is 1. The second-order valence-electron chi connectivity index (χ2n) is 2.27. The molecule has 1 amide bonds. The molecule has 0 aliphatic heterocycles. The van der Waals surface area contributed by atoms with Gasteiger partial charge in [0.05, 0.1) is 0 Å². The molecule has 76 valence electrons. The van der Waals surface area contributed by atoms with Crippen LogP contribution in [-0.2, 0) is 9.63 Å². The lowest BCUT2D eigenvalue weighted by atomic mass is 10.3. The van der Waals surface area contributed by atoms with Crippen LogP contribution >= 0.6 is 11.3 Å². The Kier molecular flexibility index (Phi) is 3.41. The van der Waals surface area contributed by atoms with E-state index >= 15 is 0 Å². The van der Waals surface area contributed by atoms with Gasteiger partial charge in [0.15, 0.2) is 10.8 Å². The van der Waals surface area contributed by atoms with E-state index in [4.69, 9.17) is 5.73 Å². The number of amides is 1. The number of hydrogen-bond acceptors (Lipinski definition) is 6. The maximum atomic E-state index is 11.3. The molecule has 6 nitrogen and oxygen atoms in total. The van der Waals surface area contributed by atoms with Gasteiger partial charge >= 0.3 is 0 Å². The van der Waals surface area contributed by atoms with Crippen LogP contribution in [0.2, 0.25) is 0 Å². The molecule has 0 spiro atoms. The van der Waals surface area contributed by atoms with Gasteiger partial charge in [0.25, 0.3) is 5.91 Å². The molecule has 0 unspecified atom stereocenters. The Balaban J connectivity index is 3.00. The molecule has 3 N–H and O–H groups in total. The van der Waals surface area contributed by atoms with Crippen LogP contribution in [-0.4, -0.2) is 30.8 Å². The molecule has 1 aromatic rings. The zero-order valence-electron chi connectivity index (χ0n) is 7.77. The van der Waals surface area contributed by atoms with Gasteiger partial charge in [-0.1, -0.05) is 5.16 Å². The summed E-state index contributed by atoms with van der Waals surface area (Å²) >= 11 is 1.24. The summed E-state index contributed by atoms with van der Waals surface area (Å²) in [6, 6.07) is 0. The van der Waals surface area contributed by atoms with Crippen molar-refractivity contribution in [1.29, 1.82) is 0 Å². The number of aromatic nitrogens is 1. The number of carbonyl (C=O) groups is 1. The number of nitrogens with one attached hydrogen (secondary N) is 1. The van der Waals surface area contributed by atoms with E-state index in [0.29, 0.717) is 10.8 Å². The number of thiazole rings is 1. The molecule has 0 aliphatic rings. The number of hydrogen-bond donors (Lipinski definition) is 2. The van der Waals surface area contributed by atoms with E-state index in [-0.39, 0.29) is 11.6 Å². The highest BCUT2D eigenvalue weighted by Gasteiger charge is 2.16. The fourth-order valence-corrected chi connectivity index (χ4v) is 1.36. The Morgan fingerprint density at radius 1 is 1.79 bits per heavy atom. The fourth-order valence-electron chi connectivity index (χ4n) is 0.811. The highest BCUT2D eigenvalue weighted by molar-refractivity contribution is 7.13. The van der Waals surface area contributed by atoms with Crippen LogP contribution in [0.4, 0.5) is 5.13 Å². The molecule has 0 atom stereocenters. The third kappa shape index (κ3) is 2.19. The van der Waals surface area contributed by atoms with Crippen LogP contribution in [0, 0.1) is 0 Å². The molecule has 1 rings (SSSR count). The lowest BCUT2D eigenvalue weighted by molar-refractivity contribution is -0.114.